The van der Waals surface area contributed by atoms with E-state index in [-0.39, 0.29) is 24.0 Å². The van der Waals surface area contributed by atoms with E-state index in [1.54, 1.807) is 16.9 Å². The van der Waals surface area contributed by atoms with Crippen LogP contribution in [0.5, 0.6) is 0 Å². The quantitative estimate of drug-likeness (QED) is 0.239. The molecule has 0 aliphatic heterocycles. The Morgan fingerprint density at radius 1 is 0.840 bits per heavy atom. The van der Waals surface area contributed by atoms with Gasteiger partial charge in [-0.3, -0.25) is 0 Å². The Kier molecular flexibility index (Phi) is 10.9. The third-order valence-corrected chi connectivity index (χ3v) is 21.1. The maximum absolute atomic E-state index is 2.58. The molecular formula is C22H36INSn. The van der Waals surface area contributed by atoms with Gasteiger partial charge < -0.3 is 24.0 Å². The molecule has 0 unspecified atom stereocenters. The second-order valence-electron chi connectivity index (χ2n) is 7.49. The van der Waals surface area contributed by atoms with Crippen LogP contribution >= 0.6 is 0 Å². The molecule has 0 saturated carbocycles. The van der Waals surface area contributed by atoms with E-state index < -0.39 is 18.4 Å². The summed E-state index contributed by atoms with van der Waals surface area (Å²) < 4.78 is 8.80. The monoisotopic (exact) mass is 561 g/mol. The first-order valence-corrected chi connectivity index (χ1v) is 17.5. The summed E-state index contributed by atoms with van der Waals surface area (Å²) in [5.41, 5.74) is 1.36. The van der Waals surface area contributed by atoms with E-state index in [9.17, 15) is 0 Å². The van der Waals surface area contributed by atoms with Crippen LogP contribution in [0, 0.1) is 0 Å². The van der Waals surface area contributed by atoms with E-state index in [0.717, 1.165) is 0 Å². The molecule has 0 aliphatic carbocycles. The molecule has 0 radical (unpaired) electrons. The first-order valence-electron chi connectivity index (χ1n) is 10.1. The van der Waals surface area contributed by atoms with E-state index in [1.165, 1.54) is 49.4 Å². The normalized spacial score (nSPS) is 11.5. The van der Waals surface area contributed by atoms with E-state index in [4.69, 9.17) is 0 Å². The van der Waals surface area contributed by atoms with Gasteiger partial charge in [0.25, 0.3) is 0 Å². The van der Waals surface area contributed by atoms with Gasteiger partial charge in [0.1, 0.15) is 0 Å². The van der Waals surface area contributed by atoms with Crippen molar-refractivity contribution in [2.45, 2.75) is 72.6 Å². The zero-order chi connectivity index (χ0) is 17.4. The van der Waals surface area contributed by atoms with Crippen LogP contribution in [-0.4, -0.2) is 18.4 Å². The predicted octanol–water partition coefficient (Wildman–Crippen LogP) is 2.72. The van der Waals surface area contributed by atoms with Gasteiger partial charge in [-0.2, -0.15) is 0 Å². The third-order valence-electron chi connectivity index (χ3n) is 5.60. The van der Waals surface area contributed by atoms with Gasteiger partial charge in [0.05, 0.1) is 0 Å². The van der Waals surface area contributed by atoms with Crippen molar-refractivity contribution in [1.29, 1.82) is 0 Å². The Balaban J connectivity index is 0.00000312. The number of rotatable bonds is 10. The number of fused-ring (bicyclic) bond motifs is 1. The molecule has 0 atom stereocenters. The summed E-state index contributed by atoms with van der Waals surface area (Å²) in [4.78, 5) is 0. The van der Waals surface area contributed by atoms with Crippen molar-refractivity contribution < 1.29 is 28.5 Å². The van der Waals surface area contributed by atoms with Crippen LogP contribution in [0.4, 0.5) is 0 Å². The van der Waals surface area contributed by atoms with E-state index >= 15 is 0 Å². The third kappa shape index (κ3) is 6.08. The standard InChI is InChI=1S/C10H9N.3C4H9.HI.Sn/c1-11-8-4-6-9-5-2-3-7-10(9)11;3*1-3-4-2;;/h2-3,5-8H,1H3;3*1,3-4H2,2H3;1H;/q+1;;;;;/p-1. The maximum atomic E-state index is 2.58. The number of benzene rings is 1. The number of hydrogen-bond donors (Lipinski definition) is 0. The topological polar surface area (TPSA) is 3.88 Å². The van der Waals surface area contributed by atoms with Crippen molar-refractivity contribution in [2.75, 3.05) is 0 Å². The zero-order valence-corrected chi connectivity index (χ0v) is 21.7. The van der Waals surface area contributed by atoms with Gasteiger partial charge in [0, 0.05) is 0 Å². The van der Waals surface area contributed by atoms with Crippen molar-refractivity contribution in [1.82, 2.24) is 0 Å². The molecule has 140 valence electrons. The summed E-state index contributed by atoms with van der Waals surface area (Å²) in [6.45, 7) is 7.07. The minimum atomic E-state index is -2.31. The maximum Gasteiger partial charge on any atom is -1.00 e. The molecule has 0 amide bonds. The molecule has 2 aromatic rings. The Hall–Kier alpha value is 0.159. The number of para-hydroxylation sites is 1. The molecule has 25 heavy (non-hydrogen) atoms. The van der Waals surface area contributed by atoms with Crippen LogP contribution in [0.2, 0.25) is 13.3 Å². The average molecular weight is 560 g/mol. The summed E-state index contributed by atoms with van der Waals surface area (Å²) >= 11 is -2.31. The molecule has 0 saturated heterocycles. The van der Waals surface area contributed by atoms with Crippen molar-refractivity contribution in [3.63, 3.8) is 0 Å². The van der Waals surface area contributed by atoms with Crippen LogP contribution in [0.15, 0.2) is 36.5 Å². The van der Waals surface area contributed by atoms with Gasteiger partial charge in [0.2, 0.25) is 0 Å². The SMILES string of the molecule is CCC[CH2][Sn]([CH2]CCC)([CH2]CCC)[c]1cc2ccccc2[n+](C)c1.[I-]. The summed E-state index contributed by atoms with van der Waals surface area (Å²) in [6, 6.07) is 11.5. The Morgan fingerprint density at radius 3 is 1.88 bits per heavy atom. The van der Waals surface area contributed by atoms with Gasteiger partial charge in [-0.05, 0) is 0 Å². The molecule has 2 rings (SSSR count). The van der Waals surface area contributed by atoms with E-state index in [2.05, 4.69) is 68.9 Å². The number of aryl methyl sites for hydroxylation is 1. The average Bonchev–Trinajstić information content (AvgIpc) is 2.61. The fourth-order valence-corrected chi connectivity index (χ4v) is 20.1. The summed E-state index contributed by atoms with van der Waals surface area (Å²) in [7, 11) is 2.24. The Labute approximate surface area is 176 Å². The Bertz CT molecular complexity index is 619. The molecule has 1 aromatic carbocycles. The fourth-order valence-electron chi connectivity index (χ4n) is 4.06. The van der Waals surface area contributed by atoms with Crippen molar-refractivity contribution in [3.8, 4) is 0 Å². The van der Waals surface area contributed by atoms with Crippen LogP contribution < -0.4 is 32.1 Å². The smallest absolute Gasteiger partial charge is 1.00 e. The summed E-state index contributed by atoms with van der Waals surface area (Å²) in [5, 5.41) is 1.43. The number of halogens is 1. The van der Waals surface area contributed by atoms with Crippen LogP contribution in [0.3, 0.4) is 0 Å². The van der Waals surface area contributed by atoms with Crippen molar-refractivity contribution in [2.24, 2.45) is 7.05 Å². The predicted molar refractivity (Wildman–Crippen MR) is 110 cm³/mol. The molecule has 0 aliphatic rings. The summed E-state index contributed by atoms with van der Waals surface area (Å²) in [6.07, 6.45) is 10.8. The summed E-state index contributed by atoms with van der Waals surface area (Å²) in [5.74, 6) is 0. The minimum absolute atomic E-state index is 0. The molecule has 1 heterocycles. The van der Waals surface area contributed by atoms with Gasteiger partial charge in [-0.25, -0.2) is 0 Å². The van der Waals surface area contributed by atoms with Gasteiger partial charge in [0.15, 0.2) is 0 Å². The first-order chi connectivity index (χ1) is 11.7. The molecule has 0 spiro atoms. The molecule has 0 bridgehead atoms. The second kappa shape index (κ2) is 11.8. The molecule has 3 heteroatoms. The number of pyridine rings is 1. The van der Waals surface area contributed by atoms with Crippen molar-refractivity contribution in [3.05, 3.63) is 36.5 Å². The van der Waals surface area contributed by atoms with Gasteiger partial charge in [-0.15, -0.1) is 0 Å². The van der Waals surface area contributed by atoms with Gasteiger partial charge >= 0.3 is 154 Å². The number of nitrogens with zero attached hydrogens (tertiary/aromatic N) is 1. The Morgan fingerprint density at radius 2 is 1.36 bits per heavy atom. The molecule has 1 nitrogen and oxygen atoms in total. The largest absolute Gasteiger partial charge is 1.00 e. The molecule has 0 N–H and O–H groups in total. The van der Waals surface area contributed by atoms with Crippen LogP contribution in [-0.2, 0) is 7.05 Å². The van der Waals surface area contributed by atoms with Crippen molar-refractivity contribution >= 4 is 32.9 Å². The number of hydrogen-bond acceptors (Lipinski definition) is 0. The minimum Gasteiger partial charge on any atom is -1.00 e. The zero-order valence-electron chi connectivity index (χ0n) is 16.7. The fraction of sp³-hybridized carbons (Fsp3) is 0.591. The second-order valence-corrected chi connectivity index (χ2v) is 20.7. The first kappa shape index (κ1) is 23.2. The van der Waals surface area contributed by atoms with Crippen LogP contribution in [0.1, 0.15) is 59.3 Å². The number of unbranched alkanes of at least 4 members (excludes halogenated alkanes) is 3. The van der Waals surface area contributed by atoms with Gasteiger partial charge in [-0.1, -0.05) is 0 Å². The molecule has 0 fully saturated rings. The van der Waals surface area contributed by atoms with E-state index in [1.807, 2.05) is 0 Å². The van der Waals surface area contributed by atoms with Crippen LogP contribution in [0.25, 0.3) is 10.9 Å². The number of aromatic nitrogens is 1. The molecular weight excluding hydrogens is 524 g/mol. The molecule has 1 aromatic heterocycles. The van der Waals surface area contributed by atoms with E-state index in [0.29, 0.717) is 0 Å².